The van der Waals surface area contributed by atoms with Gasteiger partial charge in [-0.05, 0) is 36.4 Å². The third-order valence-corrected chi connectivity index (χ3v) is 7.60. The number of aliphatic carboxylic acids is 2. The summed E-state index contributed by atoms with van der Waals surface area (Å²) in [6.07, 6.45) is -3.12. The Bertz CT molecular complexity index is 1210. The number of amides is 2. The van der Waals surface area contributed by atoms with Gasteiger partial charge in [0, 0.05) is 17.9 Å². The van der Waals surface area contributed by atoms with E-state index in [1.807, 2.05) is 0 Å². The monoisotopic (exact) mass is 563 g/mol. The maximum absolute atomic E-state index is 13.0. The number of esters is 1. The predicted octanol–water partition coefficient (Wildman–Crippen LogP) is 1.80. The van der Waals surface area contributed by atoms with Gasteiger partial charge in [-0.2, -0.15) is 13.2 Å². The Hall–Kier alpha value is -3.37. The van der Waals surface area contributed by atoms with Gasteiger partial charge < -0.3 is 20.7 Å². The Morgan fingerprint density at radius 1 is 1.27 bits per heavy atom. The predicted molar refractivity (Wildman–Crippen MR) is 125 cm³/mol. The van der Waals surface area contributed by atoms with Crippen molar-refractivity contribution in [3.63, 3.8) is 0 Å². The smallest absolute Gasteiger partial charge is 0.477 e. The number of carboxylic acid groups (broad SMARTS) is 2. The van der Waals surface area contributed by atoms with Crippen molar-refractivity contribution in [2.45, 2.75) is 30.9 Å². The molecule has 2 saturated heterocycles. The lowest BCUT2D eigenvalue weighted by Crippen LogP contribution is -2.68. The molecule has 2 fully saturated rings. The number of ether oxygens (including phenoxy) is 1. The minimum Gasteiger partial charge on any atom is -0.477 e. The molecule has 0 radical (unpaired) electrons. The van der Waals surface area contributed by atoms with Gasteiger partial charge in [0.1, 0.15) is 22.1 Å². The number of thiophene rings is 1. The van der Waals surface area contributed by atoms with Gasteiger partial charge in [-0.1, -0.05) is 0 Å². The van der Waals surface area contributed by atoms with E-state index in [1.54, 1.807) is 24.4 Å². The molecule has 0 saturated carbocycles. The lowest BCUT2D eigenvalue weighted by Gasteiger charge is -2.47. The number of nitrogens with zero attached hydrogens (tertiary/aromatic N) is 2. The number of rotatable bonds is 5. The first-order chi connectivity index (χ1) is 17.3. The second kappa shape index (κ2) is 10.9. The van der Waals surface area contributed by atoms with E-state index in [2.05, 4.69) is 0 Å². The average Bonchev–Trinajstić information content (AvgIpc) is 3.45. The topological polar surface area (TPSA) is 168 Å². The summed E-state index contributed by atoms with van der Waals surface area (Å²) in [5.74, 6) is -4.85. The zero-order valence-corrected chi connectivity index (χ0v) is 20.6. The lowest BCUT2D eigenvalue weighted by molar-refractivity contribution is -0.192. The van der Waals surface area contributed by atoms with Crippen LogP contribution in [0.5, 0.6) is 0 Å². The van der Waals surface area contributed by atoms with Gasteiger partial charge in [0.05, 0.1) is 12.2 Å². The molecular weight excluding hydrogens is 543 g/mol. The molecule has 1 aromatic heterocycles. The van der Waals surface area contributed by atoms with Crippen LogP contribution >= 0.6 is 23.1 Å². The molecule has 1 aromatic rings. The molecule has 0 aliphatic carbocycles. The second-order valence-corrected chi connectivity index (χ2v) is 9.65. The van der Waals surface area contributed by atoms with Crippen LogP contribution in [-0.2, 0) is 23.9 Å². The Morgan fingerprint density at radius 3 is 2.49 bits per heavy atom. The fourth-order valence-electron chi connectivity index (χ4n) is 3.68. The minimum absolute atomic E-state index is 0.118. The van der Waals surface area contributed by atoms with Gasteiger partial charge >= 0.3 is 24.1 Å². The van der Waals surface area contributed by atoms with Crippen molar-refractivity contribution in [2.75, 3.05) is 23.8 Å². The Labute approximate surface area is 215 Å². The van der Waals surface area contributed by atoms with Crippen LogP contribution < -0.4 is 10.6 Å². The molecule has 4 N–H and O–H groups in total. The number of hydrogen-bond donors (Lipinski definition) is 3. The first-order valence-electron chi connectivity index (χ1n) is 10.5. The largest absolute Gasteiger partial charge is 0.490 e. The molecule has 200 valence electrons. The molecule has 0 spiro atoms. The van der Waals surface area contributed by atoms with Crippen LogP contribution in [0.3, 0.4) is 0 Å². The fourth-order valence-corrected chi connectivity index (χ4v) is 5.84. The normalized spacial score (nSPS) is 22.4. The summed E-state index contributed by atoms with van der Waals surface area (Å²) in [5, 5.41) is 18.6. The molecule has 4 heterocycles. The van der Waals surface area contributed by atoms with Gasteiger partial charge in [-0.25, -0.2) is 14.4 Å². The summed E-state index contributed by atoms with van der Waals surface area (Å²) < 4.78 is 36.8. The van der Waals surface area contributed by atoms with Crippen LogP contribution in [0.15, 0.2) is 34.4 Å². The minimum atomic E-state index is -5.08. The maximum Gasteiger partial charge on any atom is 0.490 e. The number of carbonyl (C=O) groups excluding carboxylic acids is 3. The first kappa shape index (κ1) is 28.2. The highest BCUT2D eigenvalue weighted by Gasteiger charge is 2.51. The van der Waals surface area contributed by atoms with E-state index >= 15 is 0 Å². The molecule has 2 amide bonds. The Balaban J connectivity index is 0.000000479. The molecule has 16 heteroatoms. The summed E-state index contributed by atoms with van der Waals surface area (Å²) in [7, 11) is 0. The second-order valence-electron chi connectivity index (χ2n) is 7.65. The molecular formula is C21H20F3N3O8S2. The number of thioether (sulfide) groups is 1. The molecule has 0 unspecified atom stereocenters. The molecule has 3 aliphatic rings. The third kappa shape index (κ3) is 5.65. The quantitative estimate of drug-likeness (QED) is 0.273. The van der Waals surface area contributed by atoms with Crippen LogP contribution in [0.4, 0.5) is 18.2 Å². The highest BCUT2D eigenvalue weighted by Crippen LogP contribution is 2.41. The number of alkyl halides is 3. The van der Waals surface area contributed by atoms with E-state index in [-0.39, 0.29) is 23.6 Å². The van der Waals surface area contributed by atoms with Crippen molar-refractivity contribution in [1.29, 1.82) is 0 Å². The van der Waals surface area contributed by atoms with Crippen molar-refractivity contribution < 1.29 is 52.1 Å². The number of carbonyl (C=O) groups is 5. The molecule has 3 aliphatic heterocycles. The van der Waals surface area contributed by atoms with Crippen molar-refractivity contribution in [2.24, 2.45) is 5.73 Å². The molecule has 0 aromatic carbocycles. The van der Waals surface area contributed by atoms with Gasteiger partial charge in [0.15, 0.2) is 0 Å². The number of carboxylic acids is 2. The van der Waals surface area contributed by atoms with E-state index in [0.717, 1.165) is 0 Å². The molecule has 37 heavy (non-hydrogen) atoms. The van der Waals surface area contributed by atoms with Crippen LogP contribution in [0.1, 0.15) is 23.7 Å². The zero-order valence-electron chi connectivity index (χ0n) is 19.0. The van der Waals surface area contributed by atoms with Crippen LogP contribution in [0, 0.1) is 0 Å². The highest BCUT2D eigenvalue weighted by atomic mass is 32.2. The third-order valence-electron chi connectivity index (χ3n) is 5.34. The summed E-state index contributed by atoms with van der Waals surface area (Å²) in [4.78, 5) is 60.6. The number of halogens is 3. The number of fused-ring (bicyclic) bond motifs is 1. The maximum atomic E-state index is 13.0. The summed E-state index contributed by atoms with van der Waals surface area (Å²) in [6.45, 7) is 2.31. The standard InChI is InChI=1S/C19H19N3O6S2.C2HF3O2/c1-2-28-19(27)11-4-6-29-16(11)21-5-3-9(14(21)23)7-10-8-30-17-12(20)15(24)22(17)13(10)18(25)26;3-2(4,5)1(6)7/h4,6-7,12,17H,2-3,5,8,20H2,1H3,(H,25,26);(H,6,7)/t12-,17-;/m1./s1. The summed E-state index contributed by atoms with van der Waals surface area (Å²) in [5.41, 5.74) is 6.82. The lowest BCUT2D eigenvalue weighted by atomic mass is 10.0. The summed E-state index contributed by atoms with van der Waals surface area (Å²) >= 11 is 2.65. The number of hydrogen-bond acceptors (Lipinski definition) is 9. The molecule has 4 rings (SSSR count). The average molecular weight is 564 g/mol. The van der Waals surface area contributed by atoms with E-state index in [4.69, 9.17) is 20.4 Å². The van der Waals surface area contributed by atoms with Gasteiger partial charge in [0.2, 0.25) is 5.91 Å². The van der Waals surface area contributed by atoms with Crippen molar-refractivity contribution in [3.8, 4) is 0 Å². The molecule has 0 bridgehead atoms. The van der Waals surface area contributed by atoms with Crippen molar-refractivity contribution in [1.82, 2.24) is 4.90 Å². The number of allylic oxidation sites excluding steroid dienone is 1. The first-order valence-corrected chi connectivity index (χ1v) is 12.5. The van der Waals surface area contributed by atoms with Crippen LogP contribution in [-0.4, -0.2) is 81.3 Å². The fraction of sp³-hybridized carbons (Fsp3) is 0.381. The number of anilines is 1. The SMILES string of the molecule is CCOC(=O)c1ccsc1N1CCC(=CC2=C(C(=O)O)N3C(=O)[C@@H](N)[C@H]3SC2)C1=O.O=C(O)C(F)(F)F. The number of β-lactam (4-membered cyclic amide) rings is 1. The van der Waals surface area contributed by atoms with Crippen LogP contribution in [0.25, 0.3) is 0 Å². The molecule has 2 atom stereocenters. The zero-order chi connectivity index (χ0) is 27.7. The van der Waals surface area contributed by atoms with Crippen molar-refractivity contribution >= 4 is 57.8 Å². The van der Waals surface area contributed by atoms with Crippen LogP contribution in [0.2, 0.25) is 0 Å². The summed E-state index contributed by atoms with van der Waals surface area (Å²) in [6, 6.07) is 0.914. The molecule has 11 nitrogen and oxygen atoms in total. The van der Waals surface area contributed by atoms with E-state index in [9.17, 15) is 37.5 Å². The van der Waals surface area contributed by atoms with Gasteiger partial charge in [-0.15, -0.1) is 23.1 Å². The Kier molecular flexibility index (Phi) is 8.34. The Morgan fingerprint density at radius 2 is 1.92 bits per heavy atom. The van der Waals surface area contributed by atoms with E-state index in [1.165, 1.54) is 32.9 Å². The number of nitrogens with two attached hydrogens (primary N) is 1. The highest BCUT2D eigenvalue weighted by molar-refractivity contribution is 8.00. The van der Waals surface area contributed by atoms with E-state index < -0.39 is 36.0 Å². The van der Waals surface area contributed by atoms with E-state index in [0.29, 0.717) is 40.4 Å². The van der Waals surface area contributed by atoms with Gasteiger partial charge in [-0.3, -0.25) is 19.4 Å². The van der Waals surface area contributed by atoms with Crippen molar-refractivity contribution in [3.05, 3.63) is 39.9 Å². The van der Waals surface area contributed by atoms with Gasteiger partial charge in [0.25, 0.3) is 5.91 Å².